The van der Waals surface area contributed by atoms with E-state index in [0.29, 0.717) is 41.2 Å². The van der Waals surface area contributed by atoms with Crippen LogP contribution in [-0.2, 0) is 16.1 Å². The third-order valence-corrected chi connectivity index (χ3v) is 5.47. The van der Waals surface area contributed by atoms with Crippen LogP contribution in [0, 0.1) is 35.5 Å². The van der Waals surface area contributed by atoms with Crippen molar-refractivity contribution in [1.82, 2.24) is 14.9 Å². The first-order valence-corrected chi connectivity index (χ1v) is 10.0. The Balaban J connectivity index is 1.62. The predicted octanol–water partition coefficient (Wildman–Crippen LogP) is 1.61. The Kier molecular flexibility index (Phi) is 5.04. The minimum absolute atomic E-state index is 0.0250. The zero-order valence-corrected chi connectivity index (χ0v) is 16.9. The van der Waals surface area contributed by atoms with E-state index < -0.39 is 17.0 Å². The molecule has 31 heavy (non-hydrogen) atoms. The number of rotatable bonds is 6. The smallest absolute Gasteiger partial charge is 0.254 e. The van der Waals surface area contributed by atoms with Crippen LogP contribution in [0.3, 0.4) is 0 Å². The number of nitrogens with one attached hydrogen (secondary N) is 2. The lowest BCUT2D eigenvalue weighted by molar-refractivity contribution is -0.122. The van der Waals surface area contributed by atoms with E-state index in [1.807, 2.05) is 6.07 Å². The van der Waals surface area contributed by atoms with Crippen LogP contribution >= 0.6 is 0 Å². The molecule has 1 aromatic heterocycles. The topological polar surface area (TPSA) is 141 Å². The van der Waals surface area contributed by atoms with E-state index in [9.17, 15) is 19.6 Å². The van der Waals surface area contributed by atoms with Gasteiger partial charge in [-0.1, -0.05) is 0 Å². The van der Waals surface area contributed by atoms with Crippen LogP contribution in [0.25, 0.3) is 11.3 Å². The number of aryl methyl sites for hydroxylation is 1. The summed E-state index contributed by atoms with van der Waals surface area (Å²) in [6.07, 6.45) is 2.88. The Hall–Kier alpha value is -3.98. The number of nitrogens with zero attached hydrogens (tertiary/aromatic N) is 4. The van der Waals surface area contributed by atoms with Crippen molar-refractivity contribution in [2.75, 3.05) is 5.32 Å². The molecule has 4 rings (SSSR count). The maximum absolute atomic E-state index is 12.7. The van der Waals surface area contributed by atoms with Crippen molar-refractivity contribution in [1.29, 1.82) is 10.5 Å². The molecule has 0 unspecified atom stereocenters. The molecule has 2 saturated carbocycles. The second-order valence-electron chi connectivity index (χ2n) is 7.99. The Morgan fingerprint density at radius 3 is 2.58 bits per heavy atom. The summed E-state index contributed by atoms with van der Waals surface area (Å²) < 4.78 is 1.23. The molecule has 0 bridgehead atoms. The highest BCUT2D eigenvalue weighted by Gasteiger charge is 2.44. The number of hydrogen-bond acceptors (Lipinski definition) is 6. The van der Waals surface area contributed by atoms with Crippen LogP contribution in [0.15, 0.2) is 29.1 Å². The normalized spacial score (nSPS) is 16.0. The number of benzene rings is 1. The van der Waals surface area contributed by atoms with E-state index in [-0.39, 0.29) is 18.4 Å². The van der Waals surface area contributed by atoms with Crippen molar-refractivity contribution in [2.45, 2.75) is 44.7 Å². The molecule has 9 nitrogen and oxygen atoms in total. The van der Waals surface area contributed by atoms with E-state index in [4.69, 9.17) is 5.26 Å². The second-order valence-corrected chi connectivity index (χ2v) is 7.99. The lowest BCUT2D eigenvalue weighted by Gasteiger charge is -2.15. The lowest BCUT2D eigenvalue weighted by atomic mass is 10.1. The minimum atomic E-state index is -0.806. The zero-order valence-electron chi connectivity index (χ0n) is 16.9. The summed E-state index contributed by atoms with van der Waals surface area (Å²) in [6.45, 7) is 1.38. The fourth-order valence-corrected chi connectivity index (χ4v) is 3.31. The Labute approximate surface area is 178 Å². The summed E-state index contributed by atoms with van der Waals surface area (Å²) in [4.78, 5) is 41.7. The van der Waals surface area contributed by atoms with Gasteiger partial charge < -0.3 is 10.6 Å². The standard InChI is InChI=1S/C22H20N6O3/c1-13-25-18(9-20(30)28(13)11-19(29)27-22(12-24)6-7-22)16-5-2-14(10-23)8-17(16)26-21(31)15-3-4-15/h2,5,8-9,15H,3-4,6-7,11H2,1H3,(H,26,31)(H,27,29). The third kappa shape index (κ3) is 4.31. The molecule has 2 fully saturated rings. The molecule has 0 radical (unpaired) electrons. The fraction of sp³-hybridized carbons (Fsp3) is 0.364. The molecular weight excluding hydrogens is 396 g/mol. The molecule has 2 N–H and O–H groups in total. The summed E-state index contributed by atoms with van der Waals surface area (Å²) in [6, 6.07) is 10.2. The van der Waals surface area contributed by atoms with Crippen molar-refractivity contribution >= 4 is 17.5 Å². The van der Waals surface area contributed by atoms with E-state index in [2.05, 4.69) is 21.7 Å². The molecule has 2 amide bonds. The Bertz CT molecular complexity index is 1230. The summed E-state index contributed by atoms with van der Waals surface area (Å²) in [5.74, 6) is -0.245. The number of aromatic nitrogens is 2. The van der Waals surface area contributed by atoms with Crippen molar-refractivity contribution in [3.05, 3.63) is 46.0 Å². The van der Waals surface area contributed by atoms with Gasteiger partial charge in [-0.15, -0.1) is 0 Å². The third-order valence-electron chi connectivity index (χ3n) is 5.47. The van der Waals surface area contributed by atoms with Gasteiger partial charge in [0.1, 0.15) is 17.9 Å². The highest BCUT2D eigenvalue weighted by Crippen LogP contribution is 2.34. The van der Waals surface area contributed by atoms with Crippen molar-refractivity contribution < 1.29 is 9.59 Å². The first-order chi connectivity index (χ1) is 14.8. The van der Waals surface area contributed by atoms with Crippen LogP contribution in [0.2, 0.25) is 0 Å². The molecule has 2 aromatic rings. The van der Waals surface area contributed by atoms with Gasteiger partial charge in [-0.3, -0.25) is 19.0 Å². The fourth-order valence-electron chi connectivity index (χ4n) is 3.31. The molecule has 0 saturated heterocycles. The molecule has 1 heterocycles. The van der Waals surface area contributed by atoms with Gasteiger partial charge in [0.25, 0.3) is 5.56 Å². The van der Waals surface area contributed by atoms with Gasteiger partial charge in [0.05, 0.1) is 29.1 Å². The Morgan fingerprint density at radius 1 is 1.26 bits per heavy atom. The molecule has 156 valence electrons. The highest BCUT2D eigenvalue weighted by molar-refractivity contribution is 5.97. The maximum atomic E-state index is 12.7. The van der Waals surface area contributed by atoms with Gasteiger partial charge >= 0.3 is 0 Å². The zero-order chi connectivity index (χ0) is 22.2. The lowest BCUT2D eigenvalue weighted by Crippen LogP contribution is -2.40. The van der Waals surface area contributed by atoms with Crippen LogP contribution < -0.4 is 16.2 Å². The van der Waals surface area contributed by atoms with E-state index in [1.54, 1.807) is 25.1 Å². The molecule has 0 spiro atoms. The number of hydrogen-bond donors (Lipinski definition) is 2. The van der Waals surface area contributed by atoms with Crippen LogP contribution in [0.1, 0.15) is 37.1 Å². The Morgan fingerprint density at radius 2 is 2.00 bits per heavy atom. The molecule has 1 aromatic carbocycles. The van der Waals surface area contributed by atoms with Gasteiger partial charge in [0, 0.05) is 17.5 Å². The van der Waals surface area contributed by atoms with Crippen LogP contribution in [-0.4, -0.2) is 26.9 Å². The number of carbonyl (C=O) groups excluding carboxylic acids is 2. The van der Waals surface area contributed by atoms with Gasteiger partial charge in [-0.05, 0) is 50.8 Å². The average molecular weight is 416 g/mol. The molecule has 0 atom stereocenters. The van der Waals surface area contributed by atoms with Crippen molar-refractivity contribution in [2.24, 2.45) is 5.92 Å². The first-order valence-electron chi connectivity index (χ1n) is 10.0. The van der Waals surface area contributed by atoms with Crippen LogP contribution in [0.4, 0.5) is 5.69 Å². The first kappa shape index (κ1) is 20.3. The van der Waals surface area contributed by atoms with Gasteiger partial charge in [0.15, 0.2) is 0 Å². The summed E-state index contributed by atoms with van der Waals surface area (Å²) in [7, 11) is 0. The summed E-state index contributed by atoms with van der Waals surface area (Å²) in [5.41, 5.74) is 0.421. The van der Waals surface area contributed by atoms with E-state index in [0.717, 1.165) is 12.8 Å². The average Bonchev–Trinajstić information content (AvgIpc) is 3.65. The van der Waals surface area contributed by atoms with E-state index >= 15 is 0 Å². The van der Waals surface area contributed by atoms with Crippen molar-refractivity contribution in [3.8, 4) is 23.4 Å². The quantitative estimate of drug-likeness (QED) is 0.733. The number of amides is 2. The SMILES string of the molecule is Cc1nc(-c2ccc(C#N)cc2NC(=O)C2CC2)cc(=O)n1CC(=O)NC1(C#N)CC1. The predicted molar refractivity (Wildman–Crippen MR) is 110 cm³/mol. The van der Waals surface area contributed by atoms with E-state index in [1.165, 1.54) is 10.6 Å². The molecule has 9 heteroatoms. The van der Waals surface area contributed by atoms with Crippen molar-refractivity contribution in [3.63, 3.8) is 0 Å². The molecule has 2 aliphatic rings. The highest BCUT2D eigenvalue weighted by atomic mass is 16.2. The largest absolute Gasteiger partial charge is 0.336 e. The molecule has 0 aliphatic heterocycles. The summed E-state index contributed by atoms with van der Waals surface area (Å²) >= 11 is 0. The van der Waals surface area contributed by atoms with Gasteiger partial charge in [0.2, 0.25) is 11.8 Å². The number of carbonyl (C=O) groups is 2. The minimum Gasteiger partial charge on any atom is -0.336 e. The second kappa shape index (κ2) is 7.69. The molecule has 2 aliphatic carbocycles. The number of nitriles is 2. The molecular formula is C22H20N6O3. The monoisotopic (exact) mass is 416 g/mol. The maximum Gasteiger partial charge on any atom is 0.254 e. The van der Waals surface area contributed by atoms with Crippen LogP contribution in [0.5, 0.6) is 0 Å². The number of anilines is 1. The van der Waals surface area contributed by atoms with Gasteiger partial charge in [-0.2, -0.15) is 10.5 Å². The van der Waals surface area contributed by atoms with Gasteiger partial charge in [-0.25, -0.2) is 4.98 Å². The summed E-state index contributed by atoms with van der Waals surface area (Å²) in [5, 5.41) is 23.8.